The fourth-order valence-corrected chi connectivity index (χ4v) is 3.35. The number of carbonyl (C=O) groups is 2. The molecule has 3 rings (SSSR count). The summed E-state index contributed by atoms with van der Waals surface area (Å²) in [5.74, 6) is 0.418. The first-order valence-corrected chi connectivity index (χ1v) is 10.4. The third-order valence-corrected chi connectivity index (χ3v) is 4.56. The van der Waals surface area contributed by atoms with Crippen molar-refractivity contribution in [3.05, 3.63) is 46.6 Å². The summed E-state index contributed by atoms with van der Waals surface area (Å²) in [5.41, 5.74) is 0.330. The van der Waals surface area contributed by atoms with Gasteiger partial charge >= 0.3 is 12.2 Å². The molecule has 0 aliphatic carbocycles. The van der Waals surface area contributed by atoms with Crippen molar-refractivity contribution in [3.63, 3.8) is 0 Å². The standard InChI is InChI=1S/C22H26BrN3O4/c1-21(2,3)29-19(27)25-13-14-8-7-11-24-18(14)26(20(28)30-22(4,5)6)16-10-9-15(23)12-17(16)25/h7-12H,13H2,1-6H3. The Morgan fingerprint density at radius 2 is 1.60 bits per heavy atom. The van der Waals surface area contributed by atoms with Gasteiger partial charge in [0.25, 0.3) is 0 Å². The van der Waals surface area contributed by atoms with Crippen molar-refractivity contribution in [1.29, 1.82) is 0 Å². The number of ether oxygens (including phenoxy) is 2. The number of nitrogens with zero attached hydrogens (tertiary/aromatic N) is 3. The molecule has 0 saturated carbocycles. The van der Waals surface area contributed by atoms with Gasteiger partial charge in [-0.15, -0.1) is 0 Å². The Morgan fingerprint density at radius 1 is 0.967 bits per heavy atom. The van der Waals surface area contributed by atoms with Crippen LogP contribution in [0, 0.1) is 0 Å². The zero-order valence-electron chi connectivity index (χ0n) is 18.0. The molecule has 1 aromatic heterocycles. The van der Waals surface area contributed by atoms with E-state index in [-0.39, 0.29) is 6.54 Å². The van der Waals surface area contributed by atoms with Crippen LogP contribution < -0.4 is 9.80 Å². The van der Waals surface area contributed by atoms with Crippen molar-refractivity contribution in [1.82, 2.24) is 4.98 Å². The molecule has 1 aliphatic rings. The minimum Gasteiger partial charge on any atom is -0.443 e. The summed E-state index contributed by atoms with van der Waals surface area (Å²) in [6.45, 7) is 11.0. The molecule has 0 saturated heterocycles. The molecular formula is C22H26BrN3O4. The second kappa shape index (κ2) is 7.91. The predicted octanol–water partition coefficient (Wildman–Crippen LogP) is 6.17. The monoisotopic (exact) mass is 475 g/mol. The van der Waals surface area contributed by atoms with Crippen LogP contribution in [0.25, 0.3) is 0 Å². The highest BCUT2D eigenvalue weighted by molar-refractivity contribution is 9.10. The maximum Gasteiger partial charge on any atom is 0.420 e. The van der Waals surface area contributed by atoms with Gasteiger partial charge in [0, 0.05) is 16.2 Å². The van der Waals surface area contributed by atoms with Crippen LogP contribution in [-0.2, 0) is 16.0 Å². The topological polar surface area (TPSA) is 72.0 Å². The first kappa shape index (κ1) is 22.1. The Bertz CT molecular complexity index is 979. The number of amides is 2. The third kappa shape index (κ3) is 4.92. The number of anilines is 3. The summed E-state index contributed by atoms with van der Waals surface area (Å²) in [7, 11) is 0. The number of pyridine rings is 1. The second-order valence-electron chi connectivity index (χ2n) is 9.00. The van der Waals surface area contributed by atoms with Gasteiger partial charge in [-0.2, -0.15) is 0 Å². The van der Waals surface area contributed by atoms with Crippen molar-refractivity contribution in [3.8, 4) is 0 Å². The molecule has 0 fully saturated rings. The van der Waals surface area contributed by atoms with E-state index in [0.717, 1.165) is 4.47 Å². The number of hydrogen-bond acceptors (Lipinski definition) is 5. The number of aromatic nitrogens is 1. The maximum atomic E-state index is 13.2. The summed E-state index contributed by atoms with van der Waals surface area (Å²) in [4.78, 5) is 33.6. The van der Waals surface area contributed by atoms with Gasteiger partial charge < -0.3 is 9.47 Å². The first-order valence-electron chi connectivity index (χ1n) is 9.63. The SMILES string of the molecule is CC(C)(C)OC(=O)N1Cc2cccnc2N(C(=O)OC(C)(C)C)c2ccc(Br)cc21. The molecule has 8 heteroatoms. The lowest BCUT2D eigenvalue weighted by Gasteiger charge is -2.29. The molecular weight excluding hydrogens is 450 g/mol. The van der Waals surface area contributed by atoms with Gasteiger partial charge in [-0.1, -0.05) is 22.0 Å². The van der Waals surface area contributed by atoms with Gasteiger partial charge in [0.15, 0.2) is 0 Å². The zero-order valence-corrected chi connectivity index (χ0v) is 19.6. The van der Waals surface area contributed by atoms with E-state index in [0.29, 0.717) is 22.8 Å². The molecule has 2 heterocycles. The van der Waals surface area contributed by atoms with Crippen LogP contribution in [0.5, 0.6) is 0 Å². The molecule has 0 radical (unpaired) electrons. The quantitative estimate of drug-likeness (QED) is 0.455. The summed E-state index contributed by atoms with van der Waals surface area (Å²) < 4.78 is 12.1. The summed E-state index contributed by atoms with van der Waals surface area (Å²) in [6, 6.07) is 8.94. The molecule has 0 atom stereocenters. The smallest absolute Gasteiger partial charge is 0.420 e. The molecule has 0 unspecified atom stereocenters. The van der Waals surface area contributed by atoms with Crippen molar-refractivity contribution in [2.75, 3.05) is 9.80 Å². The Balaban J connectivity index is 2.19. The van der Waals surface area contributed by atoms with Gasteiger partial charge in [0.05, 0.1) is 17.9 Å². The van der Waals surface area contributed by atoms with Crippen LogP contribution in [0.3, 0.4) is 0 Å². The minimum absolute atomic E-state index is 0.195. The molecule has 1 aromatic carbocycles. The highest BCUT2D eigenvalue weighted by Crippen LogP contribution is 2.42. The van der Waals surface area contributed by atoms with E-state index in [1.54, 1.807) is 51.2 Å². The molecule has 0 N–H and O–H groups in total. The largest absolute Gasteiger partial charge is 0.443 e. The predicted molar refractivity (Wildman–Crippen MR) is 119 cm³/mol. The Kier molecular flexibility index (Phi) is 5.82. The van der Waals surface area contributed by atoms with Crippen LogP contribution in [0.1, 0.15) is 47.1 Å². The van der Waals surface area contributed by atoms with E-state index in [1.165, 1.54) is 9.80 Å². The van der Waals surface area contributed by atoms with Crippen LogP contribution >= 0.6 is 15.9 Å². The van der Waals surface area contributed by atoms with E-state index in [2.05, 4.69) is 20.9 Å². The lowest BCUT2D eigenvalue weighted by atomic mass is 10.2. The second-order valence-corrected chi connectivity index (χ2v) is 9.92. The van der Waals surface area contributed by atoms with Crippen molar-refractivity contribution >= 4 is 45.3 Å². The lowest BCUT2D eigenvalue weighted by Crippen LogP contribution is -2.36. The van der Waals surface area contributed by atoms with Crippen LogP contribution in [0.15, 0.2) is 41.0 Å². The number of fused-ring (bicyclic) bond motifs is 2. The molecule has 1 aliphatic heterocycles. The molecule has 2 aromatic rings. The normalized spacial score (nSPS) is 13.8. The van der Waals surface area contributed by atoms with Gasteiger partial charge in [-0.05, 0) is 65.8 Å². The van der Waals surface area contributed by atoms with Gasteiger partial charge in [-0.25, -0.2) is 19.5 Å². The highest BCUT2D eigenvalue weighted by atomic mass is 79.9. The number of rotatable bonds is 0. The fraction of sp³-hybridized carbons (Fsp3) is 0.409. The van der Waals surface area contributed by atoms with Crippen LogP contribution in [0.2, 0.25) is 0 Å². The summed E-state index contributed by atoms with van der Waals surface area (Å²) in [6.07, 6.45) is 0.525. The van der Waals surface area contributed by atoms with Gasteiger partial charge in [0.1, 0.15) is 17.0 Å². The third-order valence-electron chi connectivity index (χ3n) is 4.07. The molecule has 7 nitrogen and oxygen atoms in total. The molecule has 0 bridgehead atoms. The lowest BCUT2D eigenvalue weighted by molar-refractivity contribution is 0.0571. The van der Waals surface area contributed by atoms with E-state index >= 15 is 0 Å². The average molecular weight is 476 g/mol. The summed E-state index contributed by atoms with van der Waals surface area (Å²) >= 11 is 3.47. The van der Waals surface area contributed by atoms with Crippen molar-refractivity contribution < 1.29 is 19.1 Å². The van der Waals surface area contributed by atoms with Gasteiger partial charge in [-0.3, -0.25) is 4.90 Å². The number of benzene rings is 1. The number of hydrogen-bond donors (Lipinski definition) is 0. The summed E-state index contributed by atoms with van der Waals surface area (Å²) in [5, 5.41) is 0. The fourth-order valence-electron chi connectivity index (χ4n) is 3.00. The maximum absolute atomic E-state index is 13.2. The number of carbonyl (C=O) groups excluding carboxylic acids is 2. The van der Waals surface area contributed by atoms with E-state index in [9.17, 15) is 9.59 Å². The minimum atomic E-state index is -0.696. The first-order chi connectivity index (χ1) is 13.9. The van der Waals surface area contributed by atoms with E-state index in [1.807, 2.05) is 26.8 Å². The molecule has 160 valence electrons. The van der Waals surface area contributed by atoms with Crippen molar-refractivity contribution in [2.24, 2.45) is 0 Å². The molecule has 30 heavy (non-hydrogen) atoms. The van der Waals surface area contributed by atoms with Gasteiger partial charge in [0.2, 0.25) is 0 Å². The molecule has 0 spiro atoms. The number of halogens is 1. The molecule has 2 amide bonds. The van der Waals surface area contributed by atoms with E-state index < -0.39 is 23.4 Å². The zero-order chi connectivity index (χ0) is 22.3. The Labute approximate surface area is 185 Å². The van der Waals surface area contributed by atoms with Crippen LogP contribution in [0.4, 0.5) is 26.8 Å². The van der Waals surface area contributed by atoms with Crippen molar-refractivity contribution in [2.45, 2.75) is 59.3 Å². The van der Waals surface area contributed by atoms with E-state index in [4.69, 9.17) is 9.47 Å². The average Bonchev–Trinajstić information content (AvgIpc) is 2.73. The Morgan fingerprint density at radius 3 is 2.23 bits per heavy atom. The van der Waals surface area contributed by atoms with Crippen LogP contribution in [-0.4, -0.2) is 28.4 Å². The highest BCUT2D eigenvalue weighted by Gasteiger charge is 2.36. The Hall–Kier alpha value is -2.61.